The van der Waals surface area contributed by atoms with Crippen LogP contribution in [0.3, 0.4) is 0 Å². The number of aliphatic carboxylic acids is 1. The van der Waals surface area contributed by atoms with E-state index in [0.29, 0.717) is 11.9 Å². The van der Waals surface area contributed by atoms with Crippen LogP contribution in [-0.2, 0) is 11.2 Å². The normalized spacial score (nSPS) is 16.9. The molecule has 0 bridgehead atoms. The number of tetrazole rings is 1. The van der Waals surface area contributed by atoms with E-state index in [-0.39, 0.29) is 6.42 Å². The van der Waals surface area contributed by atoms with Gasteiger partial charge in [-0.2, -0.15) is 0 Å². The summed E-state index contributed by atoms with van der Waals surface area (Å²) in [7, 11) is 0. The molecule has 70 valence electrons. The van der Waals surface area contributed by atoms with Crippen LogP contribution in [0.2, 0.25) is 0 Å². The highest BCUT2D eigenvalue weighted by molar-refractivity contribution is 5.68. The number of hydrogen-bond acceptors (Lipinski definition) is 4. The van der Waals surface area contributed by atoms with Crippen molar-refractivity contribution in [3.05, 3.63) is 5.82 Å². The van der Waals surface area contributed by atoms with E-state index in [1.807, 2.05) is 0 Å². The Morgan fingerprint density at radius 1 is 1.62 bits per heavy atom. The molecule has 2 rings (SSSR count). The maximum atomic E-state index is 10.4. The Morgan fingerprint density at radius 3 is 2.92 bits per heavy atom. The standard InChI is InChI=1S/C7H10N4O2/c12-7(13)4-6-8-9-10-11(6)5-2-1-3-5/h5H,1-4H2,(H,12,13). The van der Waals surface area contributed by atoms with Crippen LogP contribution >= 0.6 is 0 Å². The summed E-state index contributed by atoms with van der Waals surface area (Å²) in [5, 5.41) is 19.5. The fourth-order valence-electron chi connectivity index (χ4n) is 1.38. The molecule has 6 nitrogen and oxygen atoms in total. The van der Waals surface area contributed by atoms with E-state index in [9.17, 15) is 4.79 Å². The lowest BCUT2D eigenvalue weighted by Crippen LogP contribution is -2.21. The van der Waals surface area contributed by atoms with E-state index in [4.69, 9.17) is 5.11 Å². The molecule has 0 unspecified atom stereocenters. The van der Waals surface area contributed by atoms with Gasteiger partial charge in [0.1, 0.15) is 6.42 Å². The van der Waals surface area contributed by atoms with E-state index in [1.54, 1.807) is 4.68 Å². The Hall–Kier alpha value is -1.46. The van der Waals surface area contributed by atoms with Crippen molar-refractivity contribution in [3.63, 3.8) is 0 Å². The molecule has 0 aliphatic heterocycles. The molecule has 0 amide bonds. The third-order valence-electron chi connectivity index (χ3n) is 2.29. The molecule has 13 heavy (non-hydrogen) atoms. The minimum Gasteiger partial charge on any atom is -0.481 e. The predicted octanol–water partition coefficient (Wildman–Crippen LogP) is 0.0252. The van der Waals surface area contributed by atoms with Crippen LogP contribution in [0.25, 0.3) is 0 Å². The molecule has 0 atom stereocenters. The van der Waals surface area contributed by atoms with Gasteiger partial charge >= 0.3 is 5.97 Å². The lowest BCUT2D eigenvalue weighted by Gasteiger charge is -2.25. The number of rotatable bonds is 3. The van der Waals surface area contributed by atoms with Crippen molar-refractivity contribution in [3.8, 4) is 0 Å². The molecule has 0 radical (unpaired) electrons. The van der Waals surface area contributed by atoms with Crippen LogP contribution in [0.4, 0.5) is 0 Å². The average Bonchev–Trinajstić information content (AvgIpc) is 2.32. The molecule has 6 heteroatoms. The number of hydrogen-bond donors (Lipinski definition) is 1. The van der Waals surface area contributed by atoms with E-state index in [1.165, 1.54) is 6.42 Å². The molecular weight excluding hydrogens is 172 g/mol. The van der Waals surface area contributed by atoms with Gasteiger partial charge < -0.3 is 5.11 Å². The van der Waals surface area contributed by atoms with Crippen molar-refractivity contribution >= 4 is 5.97 Å². The Kier molecular flexibility index (Phi) is 1.96. The van der Waals surface area contributed by atoms with Gasteiger partial charge in [-0.15, -0.1) is 5.10 Å². The molecule has 0 spiro atoms. The second-order valence-electron chi connectivity index (χ2n) is 3.19. The van der Waals surface area contributed by atoms with Crippen molar-refractivity contribution in [1.29, 1.82) is 0 Å². The van der Waals surface area contributed by atoms with Gasteiger partial charge in [-0.25, -0.2) is 4.68 Å². The number of carbonyl (C=O) groups is 1. The molecule has 1 fully saturated rings. The first kappa shape index (κ1) is 8.15. The predicted molar refractivity (Wildman–Crippen MR) is 42.0 cm³/mol. The molecule has 1 aliphatic carbocycles. The maximum Gasteiger partial charge on any atom is 0.311 e. The number of carboxylic acids is 1. The highest BCUT2D eigenvalue weighted by atomic mass is 16.4. The Balaban J connectivity index is 2.14. The van der Waals surface area contributed by atoms with Crippen LogP contribution in [0.1, 0.15) is 31.1 Å². The molecule has 1 aromatic rings. The quantitative estimate of drug-likeness (QED) is 0.713. The zero-order valence-corrected chi connectivity index (χ0v) is 7.05. The lowest BCUT2D eigenvalue weighted by molar-refractivity contribution is -0.136. The summed E-state index contributed by atoms with van der Waals surface area (Å²) in [6, 6.07) is 0.323. The fraction of sp³-hybridized carbons (Fsp3) is 0.714. The van der Waals surface area contributed by atoms with Crippen LogP contribution in [0, 0.1) is 0 Å². The molecule has 1 N–H and O–H groups in total. The first-order valence-electron chi connectivity index (χ1n) is 4.26. The van der Waals surface area contributed by atoms with Crippen LogP contribution < -0.4 is 0 Å². The minimum absolute atomic E-state index is 0.0938. The topological polar surface area (TPSA) is 80.9 Å². The molecule has 0 saturated heterocycles. The first-order valence-corrected chi connectivity index (χ1v) is 4.26. The van der Waals surface area contributed by atoms with E-state index in [2.05, 4.69) is 15.5 Å². The van der Waals surface area contributed by atoms with Crippen molar-refractivity contribution in [1.82, 2.24) is 20.2 Å². The summed E-state index contributed by atoms with van der Waals surface area (Å²) < 4.78 is 1.64. The highest BCUT2D eigenvalue weighted by Crippen LogP contribution is 2.30. The zero-order valence-electron chi connectivity index (χ0n) is 7.05. The van der Waals surface area contributed by atoms with Gasteiger partial charge in [-0.05, 0) is 29.7 Å². The third-order valence-corrected chi connectivity index (χ3v) is 2.29. The van der Waals surface area contributed by atoms with Crippen molar-refractivity contribution < 1.29 is 9.90 Å². The second-order valence-corrected chi connectivity index (χ2v) is 3.19. The summed E-state index contributed by atoms with van der Waals surface area (Å²) in [5.74, 6) is -0.437. The Bertz CT molecular complexity index is 318. The van der Waals surface area contributed by atoms with Gasteiger partial charge in [-0.1, -0.05) is 0 Å². The fourth-order valence-corrected chi connectivity index (χ4v) is 1.38. The number of carboxylic acid groups (broad SMARTS) is 1. The summed E-state index contributed by atoms with van der Waals surface area (Å²) in [6.45, 7) is 0. The van der Waals surface area contributed by atoms with E-state index < -0.39 is 5.97 Å². The monoisotopic (exact) mass is 182 g/mol. The molecule has 1 aromatic heterocycles. The zero-order chi connectivity index (χ0) is 9.26. The van der Waals surface area contributed by atoms with Crippen LogP contribution in [-0.4, -0.2) is 31.3 Å². The molecular formula is C7H10N4O2. The van der Waals surface area contributed by atoms with Gasteiger partial charge in [0.15, 0.2) is 5.82 Å². The van der Waals surface area contributed by atoms with Gasteiger partial charge in [0, 0.05) is 0 Å². The van der Waals surface area contributed by atoms with Crippen molar-refractivity contribution in [2.45, 2.75) is 31.7 Å². The average molecular weight is 182 g/mol. The maximum absolute atomic E-state index is 10.4. The van der Waals surface area contributed by atoms with Gasteiger partial charge in [0.05, 0.1) is 6.04 Å². The summed E-state index contributed by atoms with van der Waals surface area (Å²) in [6.07, 6.45) is 3.19. The number of aromatic nitrogens is 4. The van der Waals surface area contributed by atoms with Gasteiger partial charge in [0.25, 0.3) is 0 Å². The largest absolute Gasteiger partial charge is 0.481 e. The van der Waals surface area contributed by atoms with Crippen molar-refractivity contribution in [2.75, 3.05) is 0 Å². The second kappa shape index (κ2) is 3.12. The van der Waals surface area contributed by atoms with E-state index in [0.717, 1.165) is 12.8 Å². The third kappa shape index (κ3) is 1.51. The van der Waals surface area contributed by atoms with Crippen molar-refractivity contribution in [2.24, 2.45) is 0 Å². The molecule has 0 aromatic carbocycles. The van der Waals surface area contributed by atoms with Gasteiger partial charge in [-0.3, -0.25) is 4.79 Å². The summed E-state index contributed by atoms with van der Waals surface area (Å²) >= 11 is 0. The minimum atomic E-state index is -0.893. The highest BCUT2D eigenvalue weighted by Gasteiger charge is 2.24. The summed E-state index contributed by atoms with van der Waals surface area (Å²) in [5.41, 5.74) is 0. The summed E-state index contributed by atoms with van der Waals surface area (Å²) in [4.78, 5) is 10.4. The van der Waals surface area contributed by atoms with Crippen LogP contribution in [0.15, 0.2) is 0 Å². The lowest BCUT2D eigenvalue weighted by atomic mass is 9.93. The molecule has 1 aliphatic rings. The SMILES string of the molecule is O=C(O)Cc1nnnn1C1CCC1. The van der Waals surface area contributed by atoms with Crippen LogP contribution in [0.5, 0.6) is 0 Å². The Labute approximate surface area is 74.6 Å². The smallest absolute Gasteiger partial charge is 0.311 e. The molecule has 1 heterocycles. The Morgan fingerprint density at radius 2 is 2.38 bits per heavy atom. The van der Waals surface area contributed by atoms with E-state index >= 15 is 0 Å². The van der Waals surface area contributed by atoms with Gasteiger partial charge in [0.2, 0.25) is 0 Å². The molecule has 1 saturated carbocycles. The number of nitrogens with zero attached hydrogens (tertiary/aromatic N) is 4. The first-order chi connectivity index (χ1) is 6.27.